The Kier molecular flexibility index (Phi) is 6.26. The Morgan fingerprint density at radius 2 is 1.97 bits per heavy atom. The first-order valence-corrected chi connectivity index (χ1v) is 9.00. The maximum atomic E-state index is 13.6. The average Bonchev–Trinajstić information content (AvgIpc) is 2.72. The van der Waals surface area contributed by atoms with Gasteiger partial charge in [0.1, 0.15) is 12.4 Å². The highest BCUT2D eigenvalue weighted by atomic mass is 19.1. The summed E-state index contributed by atoms with van der Waals surface area (Å²) < 4.78 is 24.1. The zero-order valence-corrected chi connectivity index (χ0v) is 15.9. The maximum absolute atomic E-state index is 13.6. The Morgan fingerprint density at radius 1 is 1.23 bits per heavy atom. The van der Waals surface area contributed by atoms with Gasteiger partial charge in [-0.15, -0.1) is 0 Å². The van der Waals surface area contributed by atoms with E-state index >= 15 is 0 Å². The Labute approximate surface area is 170 Å². The molecule has 2 amide bonds. The van der Waals surface area contributed by atoms with Gasteiger partial charge in [-0.1, -0.05) is 30.3 Å². The van der Waals surface area contributed by atoms with Crippen molar-refractivity contribution < 1.29 is 28.4 Å². The van der Waals surface area contributed by atoms with Gasteiger partial charge < -0.3 is 20.1 Å². The van der Waals surface area contributed by atoms with Crippen LogP contribution < -0.4 is 15.4 Å². The third-order valence-corrected chi connectivity index (χ3v) is 4.27. The number of benzene rings is 2. The van der Waals surface area contributed by atoms with Crippen LogP contribution in [0.3, 0.4) is 0 Å². The zero-order chi connectivity index (χ0) is 21.7. The van der Waals surface area contributed by atoms with Gasteiger partial charge in [0.15, 0.2) is 5.75 Å². The molecule has 2 aromatic rings. The number of ether oxygens (including phenoxy) is 2. The van der Waals surface area contributed by atoms with Crippen molar-refractivity contribution in [2.75, 3.05) is 13.2 Å². The summed E-state index contributed by atoms with van der Waals surface area (Å²) in [6, 6.07) is 10.1. The molecule has 156 valence electrons. The lowest BCUT2D eigenvalue weighted by Crippen LogP contribution is -2.47. The number of carbonyl (C=O) groups is 2. The minimum atomic E-state index is -0.819. The molecule has 2 N–H and O–H groups in total. The standard InChI is InChI=1S/C20H18FN3O6/c1-2-29-19(25)17-14(11-30-16-10-13(21)8-9-15(16)24(27)28)22-20(26)23-18(17)12-6-4-3-5-7-12/h3-10,18H,2,11H2,1H3,(H2,22,23,26)/t18-/m0/s1. The number of amides is 2. The molecule has 0 aliphatic carbocycles. The number of rotatable bonds is 7. The molecule has 0 aromatic heterocycles. The highest BCUT2D eigenvalue weighted by molar-refractivity contribution is 5.95. The van der Waals surface area contributed by atoms with Gasteiger partial charge in [-0.3, -0.25) is 10.1 Å². The number of hydrogen-bond donors (Lipinski definition) is 2. The van der Waals surface area contributed by atoms with Crippen LogP contribution in [0.15, 0.2) is 59.8 Å². The summed E-state index contributed by atoms with van der Waals surface area (Å²) in [7, 11) is 0. The first-order valence-electron chi connectivity index (χ1n) is 9.00. The van der Waals surface area contributed by atoms with Crippen LogP contribution in [0.25, 0.3) is 0 Å². The van der Waals surface area contributed by atoms with Crippen molar-refractivity contribution >= 4 is 17.7 Å². The van der Waals surface area contributed by atoms with Gasteiger partial charge in [0.2, 0.25) is 0 Å². The van der Waals surface area contributed by atoms with E-state index < -0.39 is 41.1 Å². The summed E-state index contributed by atoms with van der Waals surface area (Å²) in [5.74, 6) is -1.75. The number of hydrogen-bond acceptors (Lipinski definition) is 6. The van der Waals surface area contributed by atoms with E-state index in [0.29, 0.717) is 5.56 Å². The van der Waals surface area contributed by atoms with Crippen molar-refractivity contribution in [3.8, 4) is 5.75 Å². The fourth-order valence-electron chi connectivity index (χ4n) is 2.98. The van der Waals surface area contributed by atoms with Gasteiger partial charge in [0, 0.05) is 12.1 Å². The smallest absolute Gasteiger partial charge is 0.338 e. The highest BCUT2D eigenvalue weighted by Gasteiger charge is 2.34. The molecule has 0 spiro atoms. The van der Waals surface area contributed by atoms with Gasteiger partial charge in [-0.2, -0.15) is 0 Å². The van der Waals surface area contributed by atoms with Crippen LogP contribution in [0.4, 0.5) is 14.9 Å². The Hall–Kier alpha value is -3.95. The van der Waals surface area contributed by atoms with Crippen LogP contribution in [0.2, 0.25) is 0 Å². The summed E-state index contributed by atoms with van der Waals surface area (Å²) in [4.78, 5) is 35.3. The Morgan fingerprint density at radius 3 is 2.63 bits per heavy atom. The minimum absolute atomic E-state index is 0.0598. The number of urea groups is 1. The van der Waals surface area contributed by atoms with Crippen LogP contribution >= 0.6 is 0 Å². The first kappa shape index (κ1) is 20.8. The van der Waals surface area contributed by atoms with Gasteiger partial charge >= 0.3 is 17.7 Å². The van der Waals surface area contributed by atoms with E-state index in [1.54, 1.807) is 37.3 Å². The number of halogens is 1. The molecule has 1 aliphatic heterocycles. The molecule has 0 bridgehead atoms. The molecule has 9 nitrogen and oxygen atoms in total. The topological polar surface area (TPSA) is 120 Å². The number of nitrogens with zero attached hydrogens (tertiary/aromatic N) is 1. The Bertz CT molecular complexity index is 1010. The van der Waals surface area contributed by atoms with Crippen LogP contribution in [0.1, 0.15) is 18.5 Å². The van der Waals surface area contributed by atoms with Crippen LogP contribution in [-0.2, 0) is 9.53 Å². The second kappa shape index (κ2) is 9.03. The van der Waals surface area contributed by atoms with Crippen molar-refractivity contribution in [1.29, 1.82) is 0 Å². The van der Waals surface area contributed by atoms with E-state index in [4.69, 9.17) is 9.47 Å². The van der Waals surface area contributed by atoms with Crippen molar-refractivity contribution in [2.24, 2.45) is 0 Å². The summed E-state index contributed by atoms with van der Waals surface area (Å²) in [5.41, 5.74) is 0.325. The second-order valence-corrected chi connectivity index (χ2v) is 6.21. The second-order valence-electron chi connectivity index (χ2n) is 6.21. The summed E-state index contributed by atoms with van der Waals surface area (Å²) in [6.45, 7) is 1.31. The van der Waals surface area contributed by atoms with E-state index in [1.807, 2.05) is 0 Å². The lowest BCUT2D eigenvalue weighted by Gasteiger charge is -2.29. The average molecular weight is 415 g/mol. The van der Waals surface area contributed by atoms with Crippen LogP contribution in [-0.4, -0.2) is 30.1 Å². The quantitative estimate of drug-likeness (QED) is 0.408. The summed E-state index contributed by atoms with van der Waals surface area (Å²) in [6.07, 6.45) is 0. The normalized spacial score (nSPS) is 15.8. The lowest BCUT2D eigenvalue weighted by atomic mass is 9.95. The molecular weight excluding hydrogens is 397 g/mol. The molecule has 1 atom stereocenters. The largest absolute Gasteiger partial charge is 0.480 e. The van der Waals surface area contributed by atoms with Gasteiger partial charge in [-0.05, 0) is 18.6 Å². The van der Waals surface area contributed by atoms with Crippen molar-refractivity contribution in [2.45, 2.75) is 13.0 Å². The van der Waals surface area contributed by atoms with Crippen molar-refractivity contribution in [3.63, 3.8) is 0 Å². The molecule has 30 heavy (non-hydrogen) atoms. The molecule has 0 saturated carbocycles. The monoisotopic (exact) mass is 415 g/mol. The SMILES string of the molecule is CCOC(=O)C1=C(COc2cc(F)ccc2[N+](=O)[O-])NC(=O)N[C@H]1c1ccccc1. The third kappa shape index (κ3) is 4.54. The van der Waals surface area contributed by atoms with Crippen molar-refractivity contribution in [3.05, 3.63) is 81.3 Å². The number of nitro benzene ring substituents is 1. The first-order chi connectivity index (χ1) is 14.4. The molecule has 0 saturated heterocycles. The number of carbonyl (C=O) groups excluding carboxylic acids is 2. The maximum Gasteiger partial charge on any atom is 0.338 e. The fraction of sp³-hybridized carbons (Fsp3) is 0.200. The van der Waals surface area contributed by atoms with E-state index in [1.165, 1.54) is 0 Å². The number of nitrogens with one attached hydrogen (secondary N) is 2. The van der Waals surface area contributed by atoms with Gasteiger partial charge in [-0.25, -0.2) is 14.0 Å². The molecule has 0 unspecified atom stereocenters. The summed E-state index contributed by atoms with van der Waals surface area (Å²) in [5, 5.41) is 16.3. The molecule has 2 aromatic carbocycles. The van der Waals surface area contributed by atoms with Crippen LogP contribution in [0.5, 0.6) is 5.75 Å². The highest BCUT2D eigenvalue weighted by Crippen LogP contribution is 2.30. The molecule has 10 heteroatoms. The Balaban J connectivity index is 2.00. The zero-order valence-electron chi connectivity index (χ0n) is 15.9. The van der Waals surface area contributed by atoms with Crippen LogP contribution in [0, 0.1) is 15.9 Å². The van der Waals surface area contributed by atoms with E-state index in [9.17, 15) is 24.1 Å². The summed E-state index contributed by atoms with van der Waals surface area (Å²) >= 11 is 0. The van der Waals surface area contributed by atoms with Crippen molar-refractivity contribution in [1.82, 2.24) is 10.6 Å². The third-order valence-electron chi connectivity index (χ3n) is 4.27. The molecule has 0 radical (unpaired) electrons. The molecule has 1 aliphatic rings. The van der Waals surface area contributed by atoms with E-state index in [2.05, 4.69) is 10.6 Å². The molecule has 1 heterocycles. The molecule has 0 fully saturated rings. The molecule has 3 rings (SSSR count). The predicted molar refractivity (Wildman–Crippen MR) is 103 cm³/mol. The minimum Gasteiger partial charge on any atom is -0.480 e. The predicted octanol–water partition coefficient (Wildman–Crippen LogP) is 2.98. The van der Waals surface area contributed by atoms with E-state index in [0.717, 1.165) is 18.2 Å². The number of esters is 1. The van der Waals surface area contributed by atoms with Gasteiger partial charge in [0.05, 0.1) is 28.8 Å². The fourth-order valence-corrected chi connectivity index (χ4v) is 2.98. The molecular formula is C20H18FN3O6. The number of nitro groups is 1. The van der Waals surface area contributed by atoms with E-state index in [-0.39, 0.29) is 23.6 Å². The lowest BCUT2D eigenvalue weighted by molar-refractivity contribution is -0.385. The van der Waals surface area contributed by atoms with Gasteiger partial charge in [0.25, 0.3) is 0 Å².